The van der Waals surface area contributed by atoms with E-state index in [9.17, 15) is 4.79 Å². The average molecular weight is 288 g/mol. The first-order chi connectivity index (χ1) is 10.1. The molecule has 0 spiro atoms. The number of amides is 1. The molecule has 1 aliphatic carbocycles. The van der Waals surface area contributed by atoms with Gasteiger partial charge in [-0.15, -0.1) is 0 Å². The second-order valence-electron chi connectivity index (χ2n) is 6.41. The maximum absolute atomic E-state index is 12.5. The molecule has 2 rings (SSSR count). The van der Waals surface area contributed by atoms with E-state index in [1.165, 1.54) is 24.8 Å². The summed E-state index contributed by atoms with van der Waals surface area (Å²) in [5.41, 5.74) is 7.37. The molecule has 1 aromatic carbocycles. The van der Waals surface area contributed by atoms with Crippen molar-refractivity contribution in [1.29, 1.82) is 0 Å². The number of nitrogens with zero attached hydrogens (tertiary/aromatic N) is 1. The molecule has 21 heavy (non-hydrogen) atoms. The van der Waals surface area contributed by atoms with Gasteiger partial charge in [-0.2, -0.15) is 0 Å². The maximum atomic E-state index is 12.5. The molecule has 3 nitrogen and oxygen atoms in total. The number of likely N-dealkylation sites (N-methyl/N-ethyl adjacent to an activating group) is 1. The Labute approximate surface area is 128 Å². The van der Waals surface area contributed by atoms with Crippen LogP contribution in [-0.2, 0) is 11.2 Å². The minimum Gasteiger partial charge on any atom is -0.341 e. The highest BCUT2D eigenvalue weighted by molar-refractivity contribution is 5.81. The van der Waals surface area contributed by atoms with Gasteiger partial charge >= 0.3 is 0 Å². The highest BCUT2D eigenvalue weighted by Gasteiger charge is 2.29. The van der Waals surface area contributed by atoms with Crippen molar-refractivity contribution < 1.29 is 4.79 Å². The van der Waals surface area contributed by atoms with E-state index in [0.717, 1.165) is 12.8 Å². The van der Waals surface area contributed by atoms with Gasteiger partial charge in [-0.3, -0.25) is 4.79 Å². The van der Waals surface area contributed by atoms with Crippen LogP contribution in [0.5, 0.6) is 0 Å². The SMILES string of the molecule is CC1CCCCC1N(C)C(=O)[C@@H](N)CCc1ccccc1. The fourth-order valence-corrected chi connectivity index (χ4v) is 3.39. The van der Waals surface area contributed by atoms with E-state index < -0.39 is 0 Å². The van der Waals surface area contributed by atoms with Crippen LogP contribution in [-0.4, -0.2) is 29.9 Å². The second-order valence-corrected chi connectivity index (χ2v) is 6.41. The molecule has 2 unspecified atom stereocenters. The third-order valence-corrected chi connectivity index (χ3v) is 4.82. The Balaban J connectivity index is 1.86. The quantitative estimate of drug-likeness (QED) is 0.905. The molecule has 0 aliphatic heterocycles. The predicted octanol–water partition coefficient (Wildman–Crippen LogP) is 2.98. The minimum atomic E-state index is -0.385. The minimum absolute atomic E-state index is 0.102. The molecule has 1 saturated carbocycles. The highest BCUT2D eigenvalue weighted by Crippen LogP contribution is 2.27. The zero-order valence-corrected chi connectivity index (χ0v) is 13.3. The Kier molecular flexibility index (Phi) is 5.80. The molecule has 1 amide bonds. The Morgan fingerprint density at radius 3 is 2.62 bits per heavy atom. The first-order valence-electron chi connectivity index (χ1n) is 8.15. The fraction of sp³-hybridized carbons (Fsp3) is 0.611. The Morgan fingerprint density at radius 1 is 1.29 bits per heavy atom. The topological polar surface area (TPSA) is 46.3 Å². The molecular weight excluding hydrogens is 260 g/mol. The van der Waals surface area contributed by atoms with Gasteiger partial charge in [0, 0.05) is 13.1 Å². The van der Waals surface area contributed by atoms with Crippen LogP contribution in [0.4, 0.5) is 0 Å². The van der Waals surface area contributed by atoms with E-state index in [1.807, 2.05) is 30.1 Å². The summed E-state index contributed by atoms with van der Waals surface area (Å²) in [5, 5.41) is 0. The van der Waals surface area contributed by atoms with E-state index in [1.54, 1.807) is 0 Å². The van der Waals surface area contributed by atoms with Crippen molar-refractivity contribution >= 4 is 5.91 Å². The van der Waals surface area contributed by atoms with E-state index in [4.69, 9.17) is 5.73 Å². The molecule has 0 radical (unpaired) electrons. The van der Waals surface area contributed by atoms with Crippen LogP contribution in [0.1, 0.15) is 44.6 Å². The molecule has 0 saturated heterocycles. The predicted molar refractivity (Wildman–Crippen MR) is 86.9 cm³/mol. The van der Waals surface area contributed by atoms with Gasteiger partial charge in [0.2, 0.25) is 5.91 Å². The third kappa shape index (κ3) is 4.31. The van der Waals surface area contributed by atoms with E-state index in [-0.39, 0.29) is 11.9 Å². The van der Waals surface area contributed by atoms with E-state index >= 15 is 0 Å². The monoisotopic (exact) mass is 288 g/mol. The lowest BCUT2D eigenvalue weighted by Gasteiger charge is -2.37. The molecule has 2 N–H and O–H groups in total. The van der Waals surface area contributed by atoms with Crippen molar-refractivity contribution in [2.45, 2.75) is 57.5 Å². The van der Waals surface area contributed by atoms with Crippen molar-refractivity contribution in [3.63, 3.8) is 0 Å². The van der Waals surface area contributed by atoms with Crippen molar-refractivity contribution in [1.82, 2.24) is 4.90 Å². The van der Waals surface area contributed by atoms with E-state index in [2.05, 4.69) is 19.1 Å². The summed E-state index contributed by atoms with van der Waals surface area (Å²) in [6, 6.07) is 10.2. The van der Waals surface area contributed by atoms with Gasteiger partial charge < -0.3 is 10.6 Å². The summed E-state index contributed by atoms with van der Waals surface area (Å²) >= 11 is 0. The molecule has 0 bridgehead atoms. The fourth-order valence-electron chi connectivity index (χ4n) is 3.39. The van der Waals surface area contributed by atoms with Crippen molar-refractivity contribution in [2.24, 2.45) is 11.7 Å². The third-order valence-electron chi connectivity index (χ3n) is 4.82. The normalized spacial score (nSPS) is 23.6. The van der Waals surface area contributed by atoms with Crippen LogP contribution >= 0.6 is 0 Å². The van der Waals surface area contributed by atoms with E-state index in [0.29, 0.717) is 18.4 Å². The largest absolute Gasteiger partial charge is 0.341 e. The van der Waals surface area contributed by atoms with Crippen molar-refractivity contribution in [3.05, 3.63) is 35.9 Å². The van der Waals surface area contributed by atoms with Crippen LogP contribution in [0.25, 0.3) is 0 Å². The number of hydrogen-bond donors (Lipinski definition) is 1. The Bertz CT molecular complexity index is 446. The zero-order chi connectivity index (χ0) is 15.2. The number of carbonyl (C=O) groups is 1. The molecule has 1 fully saturated rings. The Morgan fingerprint density at radius 2 is 1.95 bits per heavy atom. The number of rotatable bonds is 5. The lowest BCUT2D eigenvalue weighted by atomic mass is 9.85. The summed E-state index contributed by atoms with van der Waals surface area (Å²) in [6.07, 6.45) is 6.44. The number of hydrogen-bond acceptors (Lipinski definition) is 2. The van der Waals surface area contributed by atoms with Gasteiger partial charge in [0.05, 0.1) is 6.04 Å². The second kappa shape index (κ2) is 7.60. The number of carbonyl (C=O) groups excluding carboxylic acids is 1. The lowest BCUT2D eigenvalue weighted by Crippen LogP contribution is -2.49. The molecule has 1 aliphatic rings. The van der Waals surface area contributed by atoms with Gasteiger partial charge in [0.1, 0.15) is 0 Å². The first-order valence-corrected chi connectivity index (χ1v) is 8.15. The molecule has 3 heteroatoms. The molecule has 1 aromatic rings. The summed E-state index contributed by atoms with van der Waals surface area (Å²) < 4.78 is 0. The maximum Gasteiger partial charge on any atom is 0.239 e. The van der Waals surface area contributed by atoms with Gasteiger partial charge in [-0.25, -0.2) is 0 Å². The molecule has 0 aromatic heterocycles. The number of benzene rings is 1. The standard InChI is InChI=1S/C18H28N2O/c1-14-8-6-7-11-17(14)20(2)18(21)16(19)13-12-15-9-4-3-5-10-15/h3-5,9-10,14,16-17H,6-8,11-13,19H2,1-2H3/t14?,16-,17?/m0/s1. The van der Waals surface area contributed by atoms with Crippen LogP contribution in [0.2, 0.25) is 0 Å². The smallest absolute Gasteiger partial charge is 0.239 e. The molecule has 0 heterocycles. The number of nitrogens with two attached hydrogens (primary N) is 1. The van der Waals surface area contributed by atoms with Crippen LogP contribution < -0.4 is 5.73 Å². The Hall–Kier alpha value is -1.35. The van der Waals surface area contributed by atoms with Crippen molar-refractivity contribution in [3.8, 4) is 0 Å². The summed E-state index contributed by atoms with van der Waals surface area (Å²) in [5.74, 6) is 0.693. The molecule has 3 atom stereocenters. The molecule has 116 valence electrons. The van der Waals surface area contributed by atoms with Crippen LogP contribution in [0.15, 0.2) is 30.3 Å². The molecular formula is C18H28N2O. The lowest BCUT2D eigenvalue weighted by molar-refractivity contribution is -0.135. The van der Waals surface area contributed by atoms with Gasteiger partial charge in [0.15, 0.2) is 0 Å². The average Bonchev–Trinajstić information content (AvgIpc) is 2.52. The van der Waals surface area contributed by atoms with Crippen LogP contribution in [0.3, 0.4) is 0 Å². The van der Waals surface area contributed by atoms with Gasteiger partial charge in [-0.1, -0.05) is 50.1 Å². The summed E-state index contributed by atoms with van der Waals surface area (Å²) in [4.78, 5) is 14.4. The highest BCUT2D eigenvalue weighted by atomic mass is 16.2. The summed E-state index contributed by atoms with van der Waals surface area (Å²) in [7, 11) is 1.93. The van der Waals surface area contributed by atoms with Gasteiger partial charge in [0.25, 0.3) is 0 Å². The number of aryl methyl sites for hydroxylation is 1. The van der Waals surface area contributed by atoms with Crippen LogP contribution in [0, 0.1) is 5.92 Å². The van der Waals surface area contributed by atoms with Gasteiger partial charge in [-0.05, 0) is 37.2 Å². The zero-order valence-electron chi connectivity index (χ0n) is 13.3. The first kappa shape index (κ1) is 16.0. The summed E-state index contributed by atoms with van der Waals surface area (Å²) in [6.45, 7) is 2.25. The van der Waals surface area contributed by atoms with Crippen molar-refractivity contribution in [2.75, 3.05) is 7.05 Å².